The van der Waals surface area contributed by atoms with Crippen LogP contribution in [0.4, 0.5) is 0 Å². The summed E-state index contributed by atoms with van der Waals surface area (Å²) in [5, 5.41) is 12.1. The van der Waals surface area contributed by atoms with Gasteiger partial charge in [-0.25, -0.2) is 0 Å². The van der Waals surface area contributed by atoms with Gasteiger partial charge >= 0.3 is 0 Å². The molecular weight excluding hydrogens is 510 g/mol. The molecule has 2 aliphatic heterocycles. The summed E-state index contributed by atoms with van der Waals surface area (Å²) in [5.41, 5.74) is 1.20. The molecule has 0 saturated carbocycles. The standard InChI is InChI=1S/C27H28BrN3O4/c28-23-9-1-2-10-24(23)35-18-20(32)17-30-13-11-29(12-14-30)15-16-31-26(33)21-7-3-5-19-6-4-8-22(25(19)21)27(31)34/h1-10,20,32H,11-18H2/t20-/m1/s1. The third-order valence-corrected chi connectivity index (χ3v) is 7.35. The van der Waals surface area contributed by atoms with Crippen LogP contribution in [-0.2, 0) is 0 Å². The number of hydrogen-bond acceptors (Lipinski definition) is 6. The van der Waals surface area contributed by atoms with Crippen LogP contribution in [0.1, 0.15) is 20.7 Å². The number of aliphatic hydroxyl groups is 1. The van der Waals surface area contributed by atoms with Crippen LogP contribution in [0.25, 0.3) is 10.8 Å². The zero-order valence-corrected chi connectivity index (χ0v) is 21.0. The van der Waals surface area contributed by atoms with Gasteiger partial charge in [-0.3, -0.25) is 24.3 Å². The lowest BCUT2D eigenvalue weighted by atomic mass is 9.94. The summed E-state index contributed by atoms with van der Waals surface area (Å²) in [6, 6.07) is 18.8. The summed E-state index contributed by atoms with van der Waals surface area (Å²) in [4.78, 5) is 32.0. The Morgan fingerprint density at radius 2 is 1.46 bits per heavy atom. The van der Waals surface area contributed by atoms with E-state index in [4.69, 9.17) is 4.74 Å². The fourth-order valence-electron chi connectivity index (χ4n) is 4.82. The van der Waals surface area contributed by atoms with Crippen molar-refractivity contribution in [1.82, 2.24) is 14.7 Å². The molecule has 1 N–H and O–H groups in total. The number of piperazine rings is 1. The number of imide groups is 1. The predicted molar refractivity (Wildman–Crippen MR) is 138 cm³/mol. The van der Waals surface area contributed by atoms with Crippen LogP contribution in [0.15, 0.2) is 65.1 Å². The van der Waals surface area contributed by atoms with E-state index < -0.39 is 6.10 Å². The first-order chi connectivity index (χ1) is 17.0. The van der Waals surface area contributed by atoms with Gasteiger partial charge in [0.25, 0.3) is 11.8 Å². The molecule has 5 rings (SSSR count). The summed E-state index contributed by atoms with van der Waals surface area (Å²) >= 11 is 3.45. The van der Waals surface area contributed by atoms with Crippen molar-refractivity contribution in [1.29, 1.82) is 0 Å². The average molecular weight is 538 g/mol. The number of para-hydroxylation sites is 1. The molecule has 8 heteroatoms. The van der Waals surface area contributed by atoms with Gasteiger partial charge in [0.15, 0.2) is 0 Å². The van der Waals surface area contributed by atoms with E-state index in [0.29, 0.717) is 30.8 Å². The minimum Gasteiger partial charge on any atom is -0.490 e. The number of ether oxygens (including phenoxy) is 1. The molecule has 0 aromatic heterocycles. The van der Waals surface area contributed by atoms with Crippen molar-refractivity contribution >= 4 is 38.5 Å². The Morgan fingerprint density at radius 3 is 2.11 bits per heavy atom. The van der Waals surface area contributed by atoms with Crippen LogP contribution in [0.5, 0.6) is 5.75 Å². The van der Waals surface area contributed by atoms with E-state index in [-0.39, 0.29) is 18.4 Å². The maximum atomic E-state index is 13.1. The molecule has 1 atom stereocenters. The fourth-order valence-corrected chi connectivity index (χ4v) is 5.22. The Kier molecular flexibility index (Phi) is 7.15. The Morgan fingerprint density at radius 1 is 0.829 bits per heavy atom. The molecule has 3 aromatic carbocycles. The van der Waals surface area contributed by atoms with Crippen LogP contribution in [0.3, 0.4) is 0 Å². The van der Waals surface area contributed by atoms with E-state index in [1.165, 1.54) is 4.90 Å². The number of amides is 2. The second-order valence-corrected chi connectivity index (χ2v) is 9.86. The third-order valence-electron chi connectivity index (χ3n) is 6.70. The molecule has 0 unspecified atom stereocenters. The van der Waals surface area contributed by atoms with Gasteiger partial charge < -0.3 is 9.84 Å². The number of aliphatic hydroxyl groups excluding tert-OH is 1. The largest absolute Gasteiger partial charge is 0.490 e. The van der Waals surface area contributed by atoms with Gasteiger partial charge in [0.05, 0.1) is 4.47 Å². The molecule has 35 heavy (non-hydrogen) atoms. The van der Waals surface area contributed by atoms with Crippen molar-refractivity contribution in [3.05, 3.63) is 76.3 Å². The molecule has 2 aliphatic rings. The first-order valence-electron chi connectivity index (χ1n) is 11.9. The summed E-state index contributed by atoms with van der Waals surface area (Å²) < 4.78 is 6.60. The minimum absolute atomic E-state index is 0.217. The van der Waals surface area contributed by atoms with E-state index in [0.717, 1.165) is 47.2 Å². The number of carbonyl (C=O) groups is 2. The maximum Gasteiger partial charge on any atom is 0.261 e. The highest BCUT2D eigenvalue weighted by Gasteiger charge is 2.33. The summed E-state index contributed by atoms with van der Waals surface area (Å²) in [7, 11) is 0. The highest BCUT2D eigenvalue weighted by molar-refractivity contribution is 9.10. The van der Waals surface area contributed by atoms with Gasteiger partial charge in [-0.05, 0) is 45.6 Å². The fraction of sp³-hybridized carbons (Fsp3) is 0.333. The van der Waals surface area contributed by atoms with E-state index in [9.17, 15) is 14.7 Å². The monoisotopic (exact) mass is 537 g/mol. The average Bonchev–Trinajstić information content (AvgIpc) is 2.87. The van der Waals surface area contributed by atoms with Crippen molar-refractivity contribution in [2.45, 2.75) is 6.10 Å². The Labute approximate surface area is 213 Å². The van der Waals surface area contributed by atoms with Crippen LogP contribution in [0, 0.1) is 0 Å². The molecule has 0 spiro atoms. The number of β-amino-alcohol motifs (C(OH)–C–C–N with tert-alkyl or cyclic N) is 1. The van der Waals surface area contributed by atoms with Crippen molar-refractivity contribution in [2.75, 3.05) is 52.4 Å². The van der Waals surface area contributed by atoms with Crippen molar-refractivity contribution in [2.24, 2.45) is 0 Å². The molecular formula is C27H28BrN3O4. The molecule has 1 saturated heterocycles. The molecule has 0 aliphatic carbocycles. The molecule has 1 fully saturated rings. The van der Waals surface area contributed by atoms with Gasteiger partial charge in [0.2, 0.25) is 0 Å². The van der Waals surface area contributed by atoms with E-state index in [2.05, 4.69) is 25.7 Å². The molecule has 0 bridgehead atoms. The Bertz CT molecular complexity index is 1190. The number of benzene rings is 3. The molecule has 2 heterocycles. The smallest absolute Gasteiger partial charge is 0.261 e. The number of nitrogens with zero attached hydrogens (tertiary/aromatic N) is 3. The predicted octanol–water partition coefficient (Wildman–Crippen LogP) is 3.26. The van der Waals surface area contributed by atoms with Crippen LogP contribution in [0.2, 0.25) is 0 Å². The van der Waals surface area contributed by atoms with Crippen LogP contribution >= 0.6 is 15.9 Å². The summed E-state index contributed by atoms with van der Waals surface area (Å²) in [5.74, 6) is 0.286. The Balaban J connectivity index is 1.10. The summed E-state index contributed by atoms with van der Waals surface area (Å²) in [6.45, 7) is 5.05. The first-order valence-corrected chi connectivity index (χ1v) is 12.7. The zero-order chi connectivity index (χ0) is 24.4. The van der Waals surface area contributed by atoms with Crippen LogP contribution in [-0.4, -0.2) is 90.1 Å². The third kappa shape index (κ3) is 5.11. The van der Waals surface area contributed by atoms with Crippen molar-refractivity contribution in [3.8, 4) is 5.75 Å². The molecule has 182 valence electrons. The number of carbonyl (C=O) groups excluding carboxylic acids is 2. The SMILES string of the molecule is O=C1c2cccc3cccc(c23)C(=O)N1CCN1CCN(C[C@@H](O)COc2ccccc2Br)CC1. The number of halogens is 1. The molecule has 3 aromatic rings. The zero-order valence-electron chi connectivity index (χ0n) is 19.4. The normalized spacial score (nSPS) is 17.7. The quantitative estimate of drug-likeness (QED) is 0.444. The minimum atomic E-state index is -0.583. The number of rotatable bonds is 8. The lowest BCUT2D eigenvalue weighted by Gasteiger charge is -2.36. The lowest BCUT2D eigenvalue weighted by Crippen LogP contribution is -2.51. The van der Waals surface area contributed by atoms with E-state index >= 15 is 0 Å². The van der Waals surface area contributed by atoms with Gasteiger partial charge in [0, 0.05) is 62.3 Å². The first kappa shape index (κ1) is 23.9. The van der Waals surface area contributed by atoms with E-state index in [1.54, 1.807) is 12.1 Å². The van der Waals surface area contributed by atoms with Gasteiger partial charge in [0.1, 0.15) is 18.5 Å². The van der Waals surface area contributed by atoms with Gasteiger partial charge in [-0.1, -0.05) is 36.4 Å². The summed E-state index contributed by atoms with van der Waals surface area (Å²) in [6.07, 6.45) is -0.583. The topological polar surface area (TPSA) is 73.3 Å². The Hall–Kier alpha value is -2.78. The van der Waals surface area contributed by atoms with Gasteiger partial charge in [-0.2, -0.15) is 0 Å². The van der Waals surface area contributed by atoms with Crippen molar-refractivity contribution < 1.29 is 19.4 Å². The second-order valence-electron chi connectivity index (χ2n) is 9.01. The molecule has 0 radical (unpaired) electrons. The van der Waals surface area contributed by atoms with Crippen LogP contribution < -0.4 is 4.74 Å². The van der Waals surface area contributed by atoms with E-state index in [1.807, 2.05) is 48.5 Å². The second kappa shape index (κ2) is 10.5. The lowest BCUT2D eigenvalue weighted by molar-refractivity contribution is 0.0415. The molecule has 2 amide bonds. The van der Waals surface area contributed by atoms with Gasteiger partial charge in [-0.15, -0.1) is 0 Å². The molecule has 7 nitrogen and oxygen atoms in total. The van der Waals surface area contributed by atoms with Crippen molar-refractivity contribution in [3.63, 3.8) is 0 Å². The highest BCUT2D eigenvalue weighted by Crippen LogP contribution is 2.30. The highest BCUT2D eigenvalue weighted by atomic mass is 79.9. The maximum absolute atomic E-state index is 13.1. The number of hydrogen-bond donors (Lipinski definition) is 1.